The highest BCUT2D eigenvalue weighted by Crippen LogP contribution is 2.26. The smallest absolute Gasteiger partial charge is 0.163 e. The van der Waals surface area contributed by atoms with Crippen LogP contribution in [0.2, 0.25) is 0 Å². The summed E-state index contributed by atoms with van der Waals surface area (Å²) in [5, 5.41) is 22.2. The highest BCUT2D eigenvalue weighted by atomic mass is 16.5. The van der Waals surface area contributed by atoms with E-state index in [9.17, 15) is 5.11 Å². The molecule has 5 heteroatoms. The maximum atomic E-state index is 10.3. The van der Waals surface area contributed by atoms with Crippen LogP contribution in [0.25, 0.3) is 0 Å². The number of nitrogens with zero attached hydrogens (tertiary/aromatic N) is 2. The number of nitriles is 1. The second-order valence-electron chi connectivity index (χ2n) is 4.23. The fourth-order valence-electron chi connectivity index (χ4n) is 1.89. The van der Waals surface area contributed by atoms with Gasteiger partial charge in [0.15, 0.2) is 5.69 Å². The van der Waals surface area contributed by atoms with Gasteiger partial charge < -0.3 is 15.2 Å². The zero-order valence-electron chi connectivity index (χ0n) is 9.68. The van der Waals surface area contributed by atoms with E-state index in [1.54, 1.807) is 18.3 Å². The first-order chi connectivity index (χ1) is 8.15. The topological polar surface area (TPSA) is 78.2 Å². The maximum Gasteiger partial charge on any atom is 0.163 e. The van der Waals surface area contributed by atoms with Gasteiger partial charge in [-0.2, -0.15) is 5.26 Å². The summed E-state index contributed by atoms with van der Waals surface area (Å²) in [6.07, 6.45) is 1.97. The second-order valence-corrected chi connectivity index (χ2v) is 4.23. The lowest BCUT2D eigenvalue weighted by atomic mass is 9.96. The molecule has 2 N–H and O–H groups in total. The molecule has 0 aromatic carbocycles. The molecule has 2 rings (SSSR count). The molecule has 2 unspecified atom stereocenters. The zero-order chi connectivity index (χ0) is 12.3. The van der Waals surface area contributed by atoms with Crippen molar-refractivity contribution in [1.82, 2.24) is 4.98 Å². The molecule has 5 nitrogen and oxygen atoms in total. The summed E-state index contributed by atoms with van der Waals surface area (Å²) in [5.41, 5.74) is 0.105. The molecule has 90 valence electrons. The normalized spacial score (nSPS) is 27.7. The highest BCUT2D eigenvalue weighted by molar-refractivity contribution is 5.53. The molecule has 0 aliphatic carbocycles. The van der Waals surface area contributed by atoms with E-state index in [4.69, 9.17) is 10.00 Å². The van der Waals surface area contributed by atoms with Crippen LogP contribution in [0.5, 0.6) is 0 Å². The van der Waals surface area contributed by atoms with Crippen LogP contribution in [-0.2, 0) is 4.74 Å². The van der Waals surface area contributed by atoms with Gasteiger partial charge in [-0.1, -0.05) is 0 Å². The third kappa shape index (κ3) is 2.38. The Morgan fingerprint density at radius 2 is 2.59 bits per heavy atom. The summed E-state index contributed by atoms with van der Waals surface area (Å²) in [4.78, 5) is 3.95. The highest BCUT2D eigenvalue weighted by Gasteiger charge is 2.39. The van der Waals surface area contributed by atoms with E-state index in [1.807, 2.05) is 13.0 Å². The molecule has 1 aliphatic rings. The molecule has 1 saturated heterocycles. The van der Waals surface area contributed by atoms with Crippen molar-refractivity contribution in [2.24, 2.45) is 0 Å². The summed E-state index contributed by atoms with van der Waals surface area (Å²) in [7, 11) is 0. The summed E-state index contributed by atoms with van der Waals surface area (Å²) in [5.74, 6) is 0. The van der Waals surface area contributed by atoms with Crippen molar-refractivity contribution in [2.45, 2.75) is 25.0 Å². The first-order valence-corrected chi connectivity index (χ1v) is 5.59. The Kier molecular flexibility index (Phi) is 3.27. The number of aliphatic hydroxyl groups is 1. The van der Waals surface area contributed by atoms with Gasteiger partial charge in [0.1, 0.15) is 11.7 Å². The number of rotatable bonds is 3. The Hall–Kier alpha value is -1.64. The molecule has 0 saturated carbocycles. The first kappa shape index (κ1) is 11.8. The largest absolute Gasteiger partial charge is 0.385 e. The Labute approximate surface area is 100 Å². The second kappa shape index (κ2) is 4.70. The molecule has 0 bridgehead atoms. The van der Waals surface area contributed by atoms with E-state index in [0.717, 1.165) is 0 Å². The SMILES string of the molecule is CC1OCCC1(O)CNc1cccnc1C#N. The number of nitrogens with one attached hydrogen (secondary N) is 1. The monoisotopic (exact) mass is 233 g/mol. The molecule has 1 fully saturated rings. The molecule has 2 atom stereocenters. The number of aromatic nitrogens is 1. The lowest BCUT2D eigenvalue weighted by molar-refractivity contribution is -0.0176. The van der Waals surface area contributed by atoms with Crippen LogP contribution in [0.1, 0.15) is 19.0 Å². The molecular weight excluding hydrogens is 218 g/mol. The summed E-state index contributed by atoms with van der Waals surface area (Å²) in [6.45, 7) is 2.77. The van der Waals surface area contributed by atoms with Gasteiger partial charge in [0.05, 0.1) is 11.8 Å². The summed E-state index contributed by atoms with van der Waals surface area (Å²) in [6, 6.07) is 5.53. The predicted molar refractivity (Wildman–Crippen MR) is 62.4 cm³/mol. The molecule has 0 amide bonds. The van der Waals surface area contributed by atoms with Crippen LogP contribution in [-0.4, -0.2) is 34.9 Å². The van der Waals surface area contributed by atoms with Crippen molar-refractivity contribution in [3.8, 4) is 6.07 Å². The lowest BCUT2D eigenvalue weighted by Crippen LogP contribution is -2.43. The van der Waals surface area contributed by atoms with Crippen molar-refractivity contribution in [3.63, 3.8) is 0 Å². The van der Waals surface area contributed by atoms with Gasteiger partial charge in [0, 0.05) is 25.8 Å². The zero-order valence-corrected chi connectivity index (χ0v) is 9.68. The predicted octanol–water partition coefficient (Wildman–Crippen LogP) is 0.905. The van der Waals surface area contributed by atoms with Crippen molar-refractivity contribution in [2.75, 3.05) is 18.5 Å². The Balaban J connectivity index is 2.05. The molecule has 17 heavy (non-hydrogen) atoms. The average Bonchev–Trinajstić information content (AvgIpc) is 2.68. The van der Waals surface area contributed by atoms with Gasteiger partial charge in [-0.05, 0) is 19.1 Å². The molecule has 2 heterocycles. The fourth-order valence-corrected chi connectivity index (χ4v) is 1.89. The van der Waals surface area contributed by atoms with E-state index in [1.165, 1.54) is 0 Å². The van der Waals surface area contributed by atoms with Gasteiger partial charge in [-0.25, -0.2) is 4.98 Å². The van der Waals surface area contributed by atoms with Crippen molar-refractivity contribution in [3.05, 3.63) is 24.0 Å². The van der Waals surface area contributed by atoms with Gasteiger partial charge in [0.2, 0.25) is 0 Å². The minimum absolute atomic E-state index is 0.197. The Morgan fingerprint density at radius 3 is 3.24 bits per heavy atom. The molecule has 1 aromatic heterocycles. The maximum absolute atomic E-state index is 10.3. The summed E-state index contributed by atoms with van der Waals surface area (Å²) < 4.78 is 5.34. The van der Waals surface area contributed by atoms with Crippen LogP contribution >= 0.6 is 0 Å². The standard InChI is InChI=1S/C12H15N3O2/c1-9-12(16,4-6-17-9)8-15-10-3-2-5-14-11(10)7-13/h2-3,5,9,15-16H,4,6,8H2,1H3. The van der Waals surface area contributed by atoms with Crippen LogP contribution < -0.4 is 5.32 Å². The third-order valence-electron chi connectivity index (χ3n) is 3.16. The molecular formula is C12H15N3O2. The van der Waals surface area contributed by atoms with Crippen LogP contribution in [0.3, 0.4) is 0 Å². The number of hydrogen-bond acceptors (Lipinski definition) is 5. The van der Waals surface area contributed by atoms with Crippen LogP contribution in [0.15, 0.2) is 18.3 Å². The molecule has 1 aliphatic heterocycles. The Bertz CT molecular complexity index is 444. The van der Waals surface area contributed by atoms with E-state index in [0.29, 0.717) is 31.0 Å². The third-order valence-corrected chi connectivity index (χ3v) is 3.16. The lowest BCUT2D eigenvalue weighted by Gasteiger charge is -2.26. The minimum atomic E-state index is -0.872. The van der Waals surface area contributed by atoms with Crippen molar-refractivity contribution in [1.29, 1.82) is 5.26 Å². The molecule has 0 radical (unpaired) electrons. The van der Waals surface area contributed by atoms with E-state index >= 15 is 0 Å². The number of anilines is 1. The Morgan fingerprint density at radius 1 is 1.76 bits per heavy atom. The van der Waals surface area contributed by atoms with E-state index < -0.39 is 5.60 Å². The van der Waals surface area contributed by atoms with Crippen molar-refractivity contribution >= 4 is 5.69 Å². The van der Waals surface area contributed by atoms with Crippen molar-refractivity contribution < 1.29 is 9.84 Å². The van der Waals surface area contributed by atoms with Gasteiger partial charge >= 0.3 is 0 Å². The quantitative estimate of drug-likeness (QED) is 0.811. The number of ether oxygens (including phenoxy) is 1. The molecule has 0 spiro atoms. The van der Waals surface area contributed by atoms with Gasteiger partial charge in [0.25, 0.3) is 0 Å². The summed E-state index contributed by atoms with van der Waals surface area (Å²) >= 11 is 0. The fraction of sp³-hybridized carbons (Fsp3) is 0.500. The minimum Gasteiger partial charge on any atom is -0.385 e. The van der Waals surface area contributed by atoms with Gasteiger partial charge in [-0.3, -0.25) is 0 Å². The van der Waals surface area contributed by atoms with Crippen LogP contribution in [0.4, 0.5) is 5.69 Å². The number of hydrogen-bond donors (Lipinski definition) is 2. The number of pyridine rings is 1. The molecule has 1 aromatic rings. The van der Waals surface area contributed by atoms with E-state index in [2.05, 4.69) is 10.3 Å². The van der Waals surface area contributed by atoms with E-state index in [-0.39, 0.29) is 6.10 Å². The average molecular weight is 233 g/mol. The first-order valence-electron chi connectivity index (χ1n) is 5.59. The van der Waals surface area contributed by atoms with Crippen LogP contribution in [0, 0.1) is 11.3 Å². The van der Waals surface area contributed by atoms with Gasteiger partial charge in [-0.15, -0.1) is 0 Å².